The molecule has 3 aromatic rings. The smallest absolute Gasteiger partial charge is 0.243 e. The van der Waals surface area contributed by atoms with Crippen LogP contribution in [-0.2, 0) is 55.9 Å². The van der Waals surface area contributed by atoms with E-state index in [0.29, 0.717) is 45.2 Å². The molecule has 24 nitrogen and oxygen atoms in total. The van der Waals surface area contributed by atoms with Crippen molar-refractivity contribution >= 4 is 52.8 Å². The zero-order valence-electron chi connectivity index (χ0n) is 48.5. The minimum absolute atomic E-state index is 0.0170. The number of unbranched alkanes of at least 4 members (excludes halogenated alkanes) is 1. The van der Waals surface area contributed by atoms with Gasteiger partial charge >= 0.3 is 0 Å². The van der Waals surface area contributed by atoms with Crippen LogP contribution in [0.4, 0.5) is 0 Å². The Morgan fingerprint density at radius 1 is 0.857 bits per heavy atom. The van der Waals surface area contributed by atoms with E-state index in [4.69, 9.17) is 14.2 Å². The standard InChI is InChI=1S/C60H79N7O17/c1-31(2)25-40(65-59(80)41-19-14-24-67(41)33(4)69)56(77)61-29-45(71)62-38(22-21-34-15-9-8-10-16-34)58(79)63-37(18-11-12-23-66(5)6)57(78)64-39-26-46(83-32(3)51(39)72)84-43-28-60(81,44(70)30-68)27-36-48(43)55(76)50-49(53(36)74)52(73)35-17-13-20-42(82-7)47(35)54(50)75/h8-10,13,15-17,20,31-32,37-41,43,46,51,68,72,74,76,81H,11-12,14,18-19,21-30H2,1-7H3,(H,61,77)(H,62,71)(H,63,79)(H,64,78)(H,65,80)/t32-,37-,38-,39-,40-,41-,43-,46-,51+,60-/m0/s1. The van der Waals surface area contributed by atoms with Crippen LogP contribution in [0.1, 0.15) is 140 Å². The molecule has 84 heavy (non-hydrogen) atoms. The highest BCUT2D eigenvalue weighted by molar-refractivity contribution is 6.31. The fourth-order valence-corrected chi connectivity index (χ4v) is 11.6. The predicted molar refractivity (Wildman–Crippen MR) is 302 cm³/mol. The number of phenols is 2. The van der Waals surface area contributed by atoms with Crippen molar-refractivity contribution in [3.8, 4) is 17.2 Å². The number of Topliss-reactive ketones (excluding diaryl/α,β-unsaturated/α-hetero) is 1. The second kappa shape index (κ2) is 28.0. The van der Waals surface area contributed by atoms with Crippen molar-refractivity contribution < 1.29 is 82.9 Å². The molecule has 0 spiro atoms. The van der Waals surface area contributed by atoms with Crippen LogP contribution >= 0.6 is 0 Å². The molecule has 24 heteroatoms. The van der Waals surface area contributed by atoms with E-state index in [9.17, 15) is 68.7 Å². The van der Waals surface area contributed by atoms with Crippen LogP contribution in [0, 0.1) is 5.92 Å². The number of aliphatic hydroxyl groups excluding tert-OH is 2. The fourth-order valence-electron chi connectivity index (χ4n) is 11.6. The maximum Gasteiger partial charge on any atom is 0.243 e. The number of aliphatic hydroxyl groups is 3. The Hall–Kier alpha value is -7.35. The van der Waals surface area contributed by atoms with Gasteiger partial charge in [0, 0.05) is 49.4 Å². The lowest BCUT2D eigenvalue weighted by Gasteiger charge is -2.43. The number of benzene rings is 3. The number of rotatable bonds is 25. The van der Waals surface area contributed by atoms with E-state index in [1.807, 2.05) is 63.2 Å². The highest BCUT2D eigenvalue weighted by Gasteiger charge is 2.51. The van der Waals surface area contributed by atoms with Gasteiger partial charge in [0.05, 0.1) is 48.6 Å². The summed E-state index contributed by atoms with van der Waals surface area (Å²) in [5.74, 6) is -8.03. The number of aryl methyl sites for hydroxylation is 1. The Kier molecular flexibility index (Phi) is 21.4. The molecule has 2 heterocycles. The molecule has 10 N–H and O–H groups in total. The van der Waals surface area contributed by atoms with E-state index in [1.165, 1.54) is 44.1 Å². The van der Waals surface area contributed by atoms with Gasteiger partial charge in [0.2, 0.25) is 41.2 Å². The number of phenolic OH excluding ortho intramolecular Hbond substituents is 2. The van der Waals surface area contributed by atoms with Gasteiger partial charge < -0.3 is 76.1 Å². The highest BCUT2D eigenvalue weighted by atomic mass is 16.7. The van der Waals surface area contributed by atoms with Gasteiger partial charge in [0.15, 0.2) is 17.9 Å². The first-order valence-electron chi connectivity index (χ1n) is 28.5. The van der Waals surface area contributed by atoms with E-state index >= 15 is 0 Å². The van der Waals surface area contributed by atoms with Crippen molar-refractivity contribution in [1.82, 2.24) is 36.4 Å². The zero-order chi connectivity index (χ0) is 61.3. The monoisotopic (exact) mass is 1170 g/mol. The number of ether oxygens (including phenoxy) is 3. The number of fused-ring (bicyclic) bond motifs is 3. The molecule has 6 amide bonds. The Morgan fingerprint density at radius 2 is 1.56 bits per heavy atom. The van der Waals surface area contributed by atoms with Crippen molar-refractivity contribution in [1.29, 1.82) is 0 Å². The average Bonchev–Trinajstić information content (AvgIpc) is 0.844. The highest BCUT2D eigenvalue weighted by Crippen LogP contribution is 2.52. The summed E-state index contributed by atoms with van der Waals surface area (Å²) in [6.07, 6.45) is -4.36. The van der Waals surface area contributed by atoms with Gasteiger partial charge in [0.25, 0.3) is 0 Å². The van der Waals surface area contributed by atoms with Crippen LogP contribution in [0.5, 0.6) is 17.2 Å². The summed E-state index contributed by atoms with van der Waals surface area (Å²) in [4.78, 5) is 127. The maximum atomic E-state index is 14.6. The molecular formula is C60H79N7O17. The van der Waals surface area contributed by atoms with Crippen molar-refractivity contribution in [3.63, 3.8) is 0 Å². The number of hydrogen-bond donors (Lipinski definition) is 10. The van der Waals surface area contributed by atoms with E-state index in [1.54, 1.807) is 0 Å². The number of carbonyl (C=O) groups is 9. The van der Waals surface area contributed by atoms with Crippen LogP contribution < -0.4 is 31.3 Å². The molecule has 2 saturated heterocycles. The van der Waals surface area contributed by atoms with Gasteiger partial charge in [-0.15, -0.1) is 0 Å². The van der Waals surface area contributed by atoms with Crippen LogP contribution in [0.3, 0.4) is 0 Å². The molecule has 2 aliphatic carbocycles. The van der Waals surface area contributed by atoms with Gasteiger partial charge in [-0.1, -0.05) is 56.3 Å². The summed E-state index contributed by atoms with van der Waals surface area (Å²) in [7, 11) is 5.05. The molecule has 0 bridgehead atoms. The number of carbonyl (C=O) groups excluding carboxylic acids is 9. The summed E-state index contributed by atoms with van der Waals surface area (Å²) in [5.41, 5.74) is -3.66. The fraction of sp³-hybridized carbons (Fsp3) is 0.550. The first kappa shape index (κ1) is 64.2. The maximum absolute atomic E-state index is 14.6. The number of likely N-dealkylation sites (tertiary alicyclic amines) is 1. The third-order valence-electron chi connectivity index (χ3n) is 16.0. The molecular weight excluding hydrogens is 1090 g/mol. The molecule has 4 aliphatic rings. The first-order chi connectivity index (χ1) is 39.9. The van der Waals surface area contributed by atoms with Crippen molar-refractivity contribution in [3.05, 3.63) is 87.5 Å². The van der Waals surface area contributed by atoms with E-state index in [0.717, 1.165) is 5.56 Å². The SMILES string of the molecule is COc1cccc2c1C(=O)c1c(O)c3c(c(O)c1C2=O)C[C@@](O)(C(=O)CO)C[C@@H]3O[C@H]1C[C@H](NC(=O)[C@H](CCCCN(C)C)NC(=O)[C@H](CCc2ccccc2)NC(=O)CNC(=O)[C@H](CC(C)C)NC(=O)[C@@H]2CCCN2C(C)=O)[C@H](O)[C@H](C)O1. The number of hydrogen-bond acceptors (Lipinski definition) is 18. The third-order valence-corrected chi connectivity index (χ3v) is 16.0. The summed E-state index contributed by atoms with van der Waals surface area (Å²) in [6.45, 7) is 5.94. The molecule has 2 fully saturated rings. The van der Waals surface area contributed by atoms with Gasteiger partial charge in [-0.25, -0.2) is 0 Å². The second-order valence-corrected chi connectivity index (χ2v) is 22.9. The van der Waals surface area contributed by atoms with E-state index < -0.39 is 156 Å². The summed E-state index contributed by atoms with van der Waals surface area (Å²) in [6, 6.07) is 7.98. The van der Waals surface area contributed by atoms with Crippen LogP contribution in [-0.4, -0.2) is 190 Å². The Morgan fingerprint density at radius 3 is 2.23 bits per heavy atom. The number of amides is 6. The van der Waals surface area contributed by atoms with Crippen molar-refractivity contribution in [2.45, 2.75) is 159 Å². The van der Waals surface area contributed by atoms with E-state index in [2.05, 4.69) is 26.6 Å². The molecule has 10 atom stereocenters. The third kappa shape index (κ3) is 14.8. The summed E-state index contributed by atoms with van der Waals surface area (Å²) in [5, 5.41) is 71.0. The number of aromatic hydroxyl groups is 2. The van der Waals surface area contributed by atoms with Crippen molar-refractivity contribution in [2.75, 3.05) is 47.4 Å². The molecule has 2 aliphatic heterocycles. The van der Waals surface area contributed by atoms with E-state index in [-0.39, 0.29) is 65.5 Å². The minimum Gasteiger partial charge on any atom is -0.507 e. The van der Waals surface area contributed by atoms with Gasteiger partial charge in [-0.3, -0.25) is 43.2 Å². The Labute approximate surface area is 487 Å². The minimum atomic E-state index is -2.45. The average molecular weight is 1170 g/mol. The van der Waals surface area contributed by atoms with Gasteiger partial charge in [0.1, 0.15) is 59.7 Å². The summed E-state index contributed by atoms with van der Waals surface area (Å²) < 4.78 is 17.8. The predicted octanol–water partition coefficient (Wildman–Crippen LogP) is 1.15. The Balaban J connectivity index is 1.10. The Bertz CT molecular complexity index is 2970. The molecule has 3 aromatic carbocycles. The van der Waals surface area contributed by atoms with Crippen LogP contribution in [0.15, 0.2) is 48.5 Å². The van der Waals surface area contributed by atoms with Gasteiger partial charge in [-0.2, -0.15) is 0 Å². The largest absolute Gasteiger partial charge is 0.507 e. The zero-order valence-corrected chi connectivity index (χ0v) is 48.5. The molecule has 0 saturated carbocycles. The number of nitrogens with one attached hydrogen (secondary N) is 5. The lowest BCUT2D eigenvalue weighted by atomic mass is 9.72. The topological polar surface area (TPSA) is 349 Å². The van der Waals surface area contributed by atoms with Crippen molar-refractivity contribution in [2.24, 2.45) is 5.92 Å². The molecule has 0 aromatic heterocycles. The quantitative estimate of drug-likeness (QED) is 0.0329. The molecule has 0 unspecified atom stereocenters. The first-order valence-corrected chi connectivity index (χ1v) is 28.5. The lowest BCUT2D eigenvalue weighted by molar-refractivity contribution is -0.249. The molecule has 7 rings (SSSR count). The van der Waals surface area contributed by atoms with Crippen LogP contribution in [0.25, 0.3) is 0 Å². The number of nitrogens with zero attached hydrogens (tertiary/aromatic N) is 2. The number of ketones is 3. The number of methoxy groups -OCH3 is 1. The van der Waals surface area contributed by atoms with Crippen LogP contribution in [0.2, 0.25) is 0 Å². The molecule has 0 radical (unpaired) electrons. The summed E-state index contributed by atoms with van der Waals surface area (Å²) >= 11 is 0. The molecule has 456 valence electrons. The van der Waals surface area contributed by atoms with Gasteiger partial charge in [-0.05, 0) is 96.5 Å². The lowest BCUT2D eigenvalue weighted by Crippen LogP contribution is -2.60. The normalized spacial score (nSPS) is 22.9. The second-order valence-electron chi connectivity index (χ2n) is 22.9.